The highest BCUT2D eigenvalue weighted by molar-refractivity contribution is 5.97. The molecule has 0 bridgehead atoms. The van der Waals surface area contributed by atoms with E-state index in [0.717, 1.165) is 12.0 Å². The second kappa shape index (κ2) is 6.10. The second-order valence-corrected chi connectivity index (χ2v) is 5.53. The standard InChI is InChI=1S/C15H22O3/c1-9(2)7-14(17)15(18)11(4)12-6-5-10(3)8-13(12)16/h8-9,12,15,18H,4-7H2,1-3H3/t12-,15+/m0/s1. The molecule has 18 heavy (non-hydrogen) atoms. The number of Topliss-reactive ketones (excluding diaryl/α,β-unsaturated/α-hetero) is 1. The van der Waals surface area contributed by atoms with Crippen LogP contribution in [0.1, 0.15) is 40.0 Å². The molecule has 1 N–H and O–H groups in total. The van der Waals surface area contributed by atoms with Crippen LogP contribution in [0.15, 0.2) is 23.8 Å². The molecule has 3 heteroatoms. The molecule has 1 rings (SSSR count). The maximum Gasteiger partial charge on any atom is 0.165 e. The van der Waals surface area contributed by atoms with Crippen LogP contribution in [0.4, 0.5) is 0 Å². The lowest BCUT2D eigenvalue weighted by molar-refractivity contribution is -0.126. The SMILES string of the molecule is C=C([C@@H](O)C(=O)CC(C)C)[C@@H]1CCC(C)=CC1=O. The molecular formula is C15H22O3. The van der Waals surface area contributed by atoms with Crippen molar-refractivity contribution in [2.45, 2.75) is 46.1 Å². The zero-order valence-corrected chi connectivity index (χ0v) is 11.4. The van der Waals surface area contributed by atoms with Crippen molar-refractivity contribution in [2.75, 3.05) is 0 Å². The Morgan fingerprint density at radius 3 is 2.67 bits per heavy atom. The third-order valence-corrected chi connectivity index (χ3v) is 3.27. The number of aliphatic hydroxyl groups is 1. The average molecular weight is 250 g/mol. The zero-order chi connectivity index (χ0) is 13.9. The summed E-state index contributed by atoms with van der Waals surface area (Å²) in [6, 6.07) is 0. The largest absolute Gasteiger partial charge is 0.381 e. The van der Waals surface area contributed by atoms with Crippen molar-refractivity contribution in [2.24, 2.45) is 11.8 Å². The van der Waals surface area contributed by atoms with Gasteiger partial charge in [-0.05, 0) is 37.3 Å². The lowest BCUT2D eigenvalue weighted by Gasteiger charge is -2.24. The normalized spacial score (nSPS) is 21.7. The number of hydrogen-bond acceptors (Lipinski definition) is 3. The van der Waals surface area contributed by atoms with Gasteiger partial charge < -0.3 is 5.11 Å². The fourth-order valence-corrected chi connectivity index (χ4v) is 2.21. The van der Waals surface area contributed by atoms with Crippen LogP contribution in [0.3, 0.4) is 0 Å². The number of ketones is 2. The van der Waals surface area contributed by atoms with Gasteiger partial charge in [0.05, 0.1) is 0 Å². The Hall–Kier alpha value is -1.22. The fourth-order valence-electron chi connectivity index (χ4n) is 2.21. The van der Waals surface area contributed by atoms with Gasteiger partial charge in [0.1, 0.15) is 6.10 Å². The van der Waals surface area contributed by atoms with Gasteiger partial charge in [0.2, 0.25) is 0 Å². The summed E-state index contributed by atoms with van der Waals surface area (Å²) in [7, 11) is 0. The van der Waals surface area contributed by atoms with Crippen LogP contribution in [0.2, 0.25) is 0 Å². The van der Waals surface area contributed by atoms with E-state index in [1.807, 2.05) is 20.8 Å². The van der Waals surface area contributed by atoms with E-state index in [0.29, 0.717) is 18.4 Å². The number of allylic oxidation sites excluding steroid dienone is 2. The summed E-state index contributed by atoms with van der Waals surface area (Å²) in [5.41, 5.74) is 1.40. The van der Waals surface area contributed by atoms with Crippen molar-refractivity contribution in [1.29, 1.82) is 0 Å². The van der Waals surface area contributed by atoms with E-state index in [1.54, 1.807) is 6.08 Å². The van der Waals surface area contributed by atoms with Gasteiger partial charge in [-0.25, -0.2) is 0 Å². The Labute approximate surface area is 109 Å². The molecule has 0 saturated heterocycles. The number of carbonyl (C=O) groups excluding carboxylic acids is 2. The first-order chi connectivity index (χ1) is 8.32. The van der Waals surface area contributed by atoms with Gasteiger partial charge in [0, 0.05) is 12.3 Å². The van der Waals surface area contributed by atoms with Gasteiger partial charge in [-0.3, -0.25) is 9.59 Å². The van der Waals surface area contributed by atoms with Gasteiger partial charge >= 0.3 is 0 Å². The summed E-state index contributed by atoms with van der Waals surface area (Å²) < 4.78 is 0. The molecule has 0 amide bonds. The molecule has 2 atom stereocenters. The maximum atomic E-state index is 11.8. The first kappa shape index (κ1) is 14.8. The average Bonchev–Trinajstić information content (AvgIpc) is 2.26. The summed E-state index contributed by atoms with van der Waals surface area (Å²) in [6.45, 7) is 9.52. The topological polar surface area (TPSA) is 54.4 Å². The van der Waals surface area contributed by atoms with Crippen LogP contribution < -0.4 is 0 Å². The predicted octanol–water partition coefficient (Wildman–Crippen LogP) is 2.44. The molecule has 0 saturated carbocycles. The maximum absolute atomic E-state index is 11.8. The van der Waals surface area contributed by atoms with Gasteiger partial charge in [-0.2, -0.15) is 0 Å². The van der Waals surface area contributed by atoms with Crippen molar-refractivity contribution in [3.8, 4) is 0 Å². The molecule has 0 unspecified atom stereocenters. The van der Waals surface area contributed by atoms with E-state index in [9.17, 15) is 14.7 Å². The minimum Gasteiger partial charge on any atom is -0.381 e. The Bertz CT molecular complexity index is 391. The summed E-state index contributed by atoms with van der Waals surface area (Å²) in [5.74, 6) is -0.488. The number of carbonyl (C=O) groups is 2. The zero-order valence-electron chi connectivity index (χ0n) is 11.4. The van der Waals surface area contributed by atoms with Crippen LogP contribution in [-0.4, -0.2) is 22.8 Å². The van der Waals surface area contributed by atoms with Gasteiger partial charge in [0.25, 0.3) is 0 Å². The van der Waals surface area contributed by atoms with Crippen LogP contribution in [0.25, 0.3) is 0 Å². The second-order valence-electron chi connectivity index (χ2n) is 5.53. The van der Waals surface area contributed by atoms with Crippen molar-refractivity contribution in [3.63, 3.8) is 0 Å². The monoisotopic (exact) mass is 250 g/mol. The Morgan fingerprint density at radius 2 is 2.17 bits per heavy atom. The van der Waals surface area contributed by atoms with Crippen LogP contribution in [0.5, 0.6) is 0 Å². The summed E-state index contributed by atoms with van der Waals surface area (Å²) in [5, 5.41) is 9.95. The predicted molar refractivity (Wildman–Crippen MR) is 71.1 cm³/mol. The molecule has 0 aliphatic heterocycles. The van der Waals surface area contributed by atoms with E-state index in [4.69, 9.17) is 0 Å². The number of aliphatic hydroxyl groups excluding tert-OH is 1. The minimum atomic E-state index is -1.20. The third kappa shape index (κ3) is 3.64. The van der Waals surface area contributed by atoms with E-state index < -0.39 is 12.0 Å². The quantitative estimate of drug-likeness (QED) is 0.762. The van der Waals surface area contributed by atoms with Gasteiger partial charge in [-0.1, -0.05) is 26.0 Å². The van der Waals surface area contributed by atoms with Crippen molar-refractivity contribution in [3.05, 3.63) is 23.8 Å². The smallest absolute Gasteiger partial charge is 0.165 e. The Kier molecular flexibility index (Phi) is 5.03. The van der Waals surface area contributed by atoms with Crippen molar-refractivity contribution in [1.82, 2.24) is 0 Å². The Balaban J connectivity index is 2.70. The van der Waals surface area contributed by atoms with Crippen LogP contribution in [-0.2, 0) is 9.59 Å². The van der Waals surface area contributed by atoms with E-state index in [1.165, 1.54) is 0 Å². The highest BCUT2D eigenvalue weighted by atomic mass is 16.3. The molecule has 0 fully saturated rings. The van der Waals surface area contributed by atoms with Crippen LogP contribution >= 0.6 is 0 Å². The highest BCUT2D eigenvalue weighted by Crippen LogP contribution is 2.28. The number of rotatable bonds is 5. The molecule has 100 valence electrons. The molecule has 0 spiro atoms. The lowest BCUT2D eigenvalue weighted by Crippen LogP contribution is -2.31. The molecule has 0 aromatic rings. The summed E-state index contributed by atoms with van der Waals surface area (Å²) >= 11 is 0. The molecular weight excluding hydrogens is 228 g/mol. The molecule has 3 nitrogen and oxygen atoms in total. The molecule has 1 aliphatic carbocycles. The summed E-state index contributed by atoms with van der Waals surface area (Å²) in [6.07, 6.45) is 2.18. The Morgan fingerprint density at radius 1 is 1.56 bits per heavy atom. The summed E-state index contributed by atoms with van der Waals surface area (Å²) in [4.78, 5) is 23.6. The molecule has 0 aromatic heterocycles. The van der Waals surface area contributed by atoms with E-state index >= 15 is 0 Å². The molecule has 0 aromatic carbocycles. The highest BCUT2D eigenvalue weighted by Gasteiger charge is 2.30. The van der Waals surface area contributed by atoms with E-state index in [-0.39, 0.29) is 17.5 Å². The minimum absolute atomic E-state index is 0.0415. The fraction of sp³-hybridized carbons (Fsp3) is 0.600. The molecule has 1 aliphatic rings. The molecule has 0 heterocycles. The molecule has 0 radical (unpaired) electrons. The van der Waals surface area contributed by atoms with Crippen LogP contribution in [0, 0.1) is 11.8 Å². The lowest BCUT2D eigenvalue weighted by atomic mass is 9.81. The van der Waals surface area contributed by atoms with Gasteiger partial charge in [-0.15, -0.1) is 0 Å². The first-order valence-electron chi connectivity index (χ1n) is 6.43. The van der Waals surface area contributed by atoms with Gasteiger partial charge in [0.15, 0.2) is 11.6 Å². The van der Waals surface area contributed by atoms with Crippen molar-refractivity contribution < 1.29 is 14.7 Å². The third-order valence-electron chi connectivity index (χ3n) is 3.27. The first-order valence-corrected chi connectivity index (χ1v) is 6.43. The van der Waals surface area contributed by atoms with E-state index in [2.05, 4.69) is 6.58 Å². The van der Waals surface area contributed by atoms with Crippen molar-refractivity contribution >= 4 is 11.6 Å². The number of hydrogen-bond donors (Lipinski definition) is 1.